The highest BCUT2D eigenvalue weighted by Gasteiger charge is 2.13. The summed E-state index contributed by atoms with van der Waals surface area (Å²) in [7, 11) is 0. The molecule has 1 aliphatic carbocycles. The van der Waals surface area contributed by atoms with Crippen LogP contribution >= 0.6 is 11.3 Å². The molecule has 1 aromatic heterocycles. The summed E-state index contributed by atoms with van der Waals surface area (Å²) in [5.74, 6) is 0. The fourth-order valence-electron chi connectivity index (χ4n) is 3.16. The molecule has 3 heteroatoms. The maximum Gasteiger partial charge on any atom is 0.100 e. The number of nitrogens with zero attached hydrogens (tertiary/aromatic N) is 1. The van der Waals surface area contributed by atoms with Crippen molar-refractivity contribution >= 4 is 28.0 Å². The van der Waals surface area contributed by atoms with Crippen molar-refractivity contribution in [3.63, 3.8) is 0 Å². The molecule has 0 bridgehead atoms. The minimum absolute atomic E-state index is 0.682. The first-order chi connectivity index (χ1) is 13.6. The van der Waals surface area contributed by atoms with Crippen molar-refractivity contribution in [3.8, 4) is 17.2 Å². The number of thiophene rings is 1. The van der Waals surface area contributed by atoms with Crippen LogP contribution in [0, 0.1) is 11.3 Å². The lowest BCUT2D eigenvalue weighted by molar-refractivity contribution is 1.02. The lowest BCUT2D eigenvalue weighted by atomic mass is 9.91. The topological polar surface area (TPSA) is 35.8 Å². The van der Waals surface area contributed by atoms with Gasteiger partial charge in [-0.2, -0.15) is 5.26 Å². The Kier molecular flexibility index (Phi) is 8.04. The van der Waals surface area contributed by atoms with E-state index >= 15 is 0 Å². The van der Waals surface area contributed by atoms with Gasteiger partial charge >= 0.3 is 0 Å². The molecule has 144 valence electrons. The van der Waals surface area contributed by atoms with E-state index in [2.05, 4.69) is 66.7 Å². The zero-order valence-corrected chi connectivity index (χ0v) is 18.0. The molecule has 1 N–H and O–H groups in total. The average Bonchev–Trinajstić information content (AvgIpc) is 3.12. The van der Waals surface area contributed by atoms with Gasteiger partial charge in [-0.15, -0.1) is 11.3 Å². The molecular formula is C25H28N2S. The maximum absolute atomic E-state index is 9.15. The lowest BCUT2D eigenvalue weighted by Crippen LogP contribution is -1.92. The van der Waals surface area contributed by atoms with E-state index in [0.29, 0.717) is 5.57 Å². The first kappa shape index (κ1) is 21.5. The summed E-state index contributed by atoms with van der Waals surface area (Å²) >= 11 is 1.62. The molecule has 1 heterocycles. The summed E-state index contributed by atoms with van der Waals surface area (Å²) in [6, 6.07) is 10.9. The zero-order valence-electron chi connectivity index (χ0n) is 17.2. The van der Waals surface area contributed by atoms with Crippen molar-refractivity contribution < 1.29 is 0 Å². The quantitative estimate of drug-likeness (QED) is 0.526. The van der Waals surface area contributed by atoms with Gasteiger partial charge in [0.2, 0.25) is 0 Å². The highest BCUT2D eigenvalue weighted by atomic mass is 32.1. The summed E-state index contributed by atoms with van der Waals surface area (Å²) in [6.07, 6.45) is 10.5. The van der Waals surface area contributed by atoms with Gasteiger partial charge in [0, 0.05) is 22.1 Å². The number of hydrogen-bond acceptors (Lipinski definition) is 3. The first-order valence-corrected chi connectivity index (χ1v) is 10.6. The molecular weight excluding hydrogens is 360 g/mol. The van der Waals surface area contributed by atoms with Crippen LogP contribution in [0.3, 0.4) is 0 Å². The van der Waals surface area contributed by atoms with Gasteiger partial charge in [0.15, 0.2) is 0 Å². The Hall–Kier alpha value is -2.83. The summed E-state index contributed by atoms with van der Waals surface area (Å²) in [4.78, 5) is 0. The third kappa shape index (κ3) is 4.91. The first-order valence-electron chi connectivity index (χ1n) is 9.69. The van der Waals surface area contributed by atoms with Gasteiger partial charge in [-0.05, 0) is 61.2 Å². The number of rotatable bonds is 5. The third-order valence-electron chi connectivity index (χ3n) is 4.50. The third-order valence-corrected chi connectivity index (χ3v) is 5.42. The van der Waals surface area contributed by atoms with Crippen LogP contribution < -0.4 is 5.32 Å². The second kappa shape index (κ2) is 10.5. The number of anilines is 1. The molecule has 0 amide bonds. The molecule has 0 unspecified atom stereocenters. The van der Waals surface area contributed by atoms with Crippen LogP contribution in [0.1, 0.15) is 51.7 Å². The van der Waals surface area contributed by atoms with Gasteiger partial charge in [-0.1, -0.05) is 56.8 Å². The van der Waals surface area contributed by atoms with Crippen molar-refractivity contribution in [2.45, 2.75) is 40.5 Å². The van der Waals surface area contributed by atoms with Crippen LogP contribution in [0.5, 0.6) is 0 Å². The highest BCUT2D eigenvalue weighted by molar-refractivity contribution is 7.15. The molecule has 2 aromatic rings. The van der Waals surface area contributed by atoms with E-state index in [1.807, 2.05) is 26.8 Å². The van der Waals surface area contributed by atoms with Crippen LogP contribution in [0.25, 0.3) is 22.8 Å². The smallest absolute Gasteiger partial charge is 0.100 e. The van der Waals surface area contributed by atoms with E-state index in [4.69, 9.17) is 5.26 Å². The monoisotopic (exact) mass is 388 g/mol. The molecule has 0 spiro atoms. The summed E-state index contributed by atoms with van der Waals surface area (Å²) in [5.41, 5.74) is 7.94. The molecule has 28 heavy (non-hydrogen) atoms. The maximum atomic E-state index is 9.15. The van der Waals surface area contributed by atoms with E-state index in [0.717, 1.165) is 34.5 Å². The standard InChI is InChI=1S/C23H22N2S.C2H6/c1-4-25-23-21(13-16(2)14-24)22(15-26-23)19-11-9-18(10-12-19)20-8-6-5-7-17(20)3;1-2/h4,7-13,15,25H,1,5-6H2,2-3H3;1-2H3/b16-13+;. The molecule has 3 rings (SSSR count). The molecule has 0 aliphatic heterocycles. The molecule has 0 atom stereocenters. The molecule has 0 radical (unpaired) electrons. The molecule has 2 nitrogen and oxygen atoms in total. The Bertz CT molecular complexity index is 947. The Morgan fingerprint density at radius 1 is 1.14 bits per heavy atom. The fourth-order valence-corrected chi connectivity index (χ4v) is 4.11. The summed E-state index contributed by atoms with van der Waals surface area (Å²) in [6.45, 7) is 11.8. The van der Waals surface area contributed by atoms with Gasteiger partial charge in [0.1, 0.15) is 5.00 Å². The minimum Gasteiger partial charge on any atom is -0.354 e. The van der Waals surface area contributed by atoms with Crippen molar-refractivity contribution in [1.82, 2.24) is 0 Å². The molecule has 1 aromatic carbocycles. The van der Waals surface area contributed by atoms with Crippen molar-refractivity contribution in [3.05, 3.63) is 76.8 Å². The number of benzene rings is 1. The summed E-state index contributed by atoms with van der Waals surface area (Å²) in [5, 5.41) is 15.5. The normalized spacial score (nSPS) is 13.5. The molecule has 0 saturated carbocycles. The van der Waals surface area contributed by atoms with Gasteiger partial charge < -0.3 is 5.32 Å². The van der Waals surface area contributed by atoms with Gasteiger partial charge in [-0.3, -0.25) is 0 Å². The Balaban J connectivity index is 0.00000136. The van der Waals surface area contributed by atoms with E-state index in [-0.39, 0.29) is 0 Å². The second-order valence-electron chi connectivity index (χ2n) is 6.34. The van der Waals surface area contributed by atoms with Crippen molar-refractivity contribution in [1.29, 1.82) is 5.26 Å². The molecule has 1 aliphatic rings. The summed E-state index contributed by atoms with van der Waals surface area (Å²) < 4.78 is 0. The van der Waals surface area contributed by atoms with Crippen LogP contribution in [0.15, 0.2) is 65.7 Å². The minimum atomic E-state index is 0.682. The van der Waals surface area contributed by atoms with E-state index in [1.165, 1.54) is 16.7 Å². The largest absolute Gasteiger partial charge is 0.354 e. The Morgan fingerprint density at radius 2 is 1.79 bits per heavy atom. The lowest BCUT2D eigenvalue weighted by Gasteiger charge is -2.13. The van der Waals surface area contributed by atoms with Gasteiger partial charge in [-0.25, -0.2) is 0 Å². The highest BCUT2D eigenvalue weighted by Crippen LogP contribution is 2.38. The van der Waals surface area contributed by atoms with Crippen LogP contribution in [0.2, 0.25) is 0 Å². The van der Waals surface area contributed by atoms with Crippen LogP contribution in [0.4, 0.5) is 5.00 Å². The van der Waals surface area contributed by atoms with Gasteiger partial charge in [0.05, 0.1) is 6.07 Å². The predicted molar refractivity (Wildman–Crippen MR) is 125 cm³/mol. The van der Waals surface area contributed by atoms with Gasteiger partial charge in [0.25, 0.3) is 0 Å². The number of nitriles is 1. The Morgan fingerprint density at radius 3 is 2.39 bits per heavy atom. The second-order valence-corrected chi connectivity index (χ2v) is 7.22. The van der Waals surface area contributed by atoms with Crippen molar-refractivity contribution in [2.75, 3.05) is 5.32 Å². The van der Waals surface area contributed by atoms with E-state index in [1.54, 1.807) is 17.5 Å². The van der Waals surface area contributed by atoms with E-state index < -0.39 is 0 Å². The Labute approximate surface area is 173 Å². The molecule has 0 saturated heterocycles. The average molecular weight is 389 g/mol. The SMILES string of the molecule is C=CNc1scc(-c2ccc(C3=CCCC=C3C)cc2)c1/C=C(\C)C#N.CC. The number of hydrogen-bond donors (Lipinski definition) is 1. The van der Waals surface area contributed by atoms with E-state index in [9.17, 15) is 0 Å². The molecule has 0 fully saturated rings. The predicted octanol–water partition coefficient (Wildman–Crippen LogP) is 8.05. The van der Waals surface area contributed by atoms with Crippen molar-refractivity contribution in [2.24, 2.45) is 0 Å². The fraction of sp³-hybridized carbons (Fsp3) is 0.240. The zero-order chi connectivity index (χ0) is 20.5. The number of allylic oxidation sites excluding steroid dienone is 5. The van der Waals surface area contributed by atoms with Crippen LogP contribution in [-0.2, 0) is 0 Å². The van der Waals surface area contributed by atoms with Crippen LogP contribution in [-0.4, -0.2) is 0 Å². The number of nitrogens with one attached hydrogen (secondary N) is 1.